The molecule has 0 atom stereocenters. The monoisotopic (exact) mass is 223 g/mol. The van der Waals surface area contributed by atoms with Gasteiger partial charge in [0.25, 0.3) is 5.69 Å². The van der Waals surface area contributed by atoms with Crippen LogP contribution in [0.25, 0.3) is 5.57 Å². The number of hydrogen-bond donors (Lipinski definition) is 0. The van der Waals surface area contributed by atoms with Crippen LogP contribution in [0.3, 0.4) is 0 Å². The van der Waals surface area contributed by atoms with Crippen molar-refractivity contribution < 1.29 is 9.72 Å². The number of carbonyl (C=O) groups is 1. The van der Waals surface area contributed by atoms with E-state index in [9.17, 15) is 14.9 Å². The fourth-order valence-corrected chi connectivity index (χ4v) is 1.60. The van der Waals surface area contributed by atoms with Gasteiger partial charge in [-0.25, -0.2) is 0 Å². The molecule has 0 aliphatic heterocycles. The Bertz CT molecular complexity index is 415. The molecule has 78 valence electrons. The number of nitrogens with zero attached hydrogens (tertiary/aromatic N) is 1. The second-order valence-electron chi connectivity index (χ2n) is 2.70. The lowest BCUT2D eigenvalue weighted by Gasteiger charge is -2.00. The van der Waals surface area contributed by atoms with Gasteiger partial charge in [0.2, 0.25) is 0 Å². The lowest BCUT2D eigenvalue weighted by atomic mass is 10.1. The minimum atomic E-state index is -0.493. The lowest BCUT2D eigenvalue weighted by Crippen LogP contribution is -1.95. The van der Waals surface area contributed by atoms with E-state index in [0.29, 0.717) is 17.4 Å². The molecule has 1 rings (SSSR count). The highest BCUT2D eigenvalue weighted by molar-refractivity contribution is 8.01. The predicted molar refractivity (Wildman–Crippen MR) is 60.7 cm³/mol. The van der Waals surface area contributed by atoms with Crippen LogP contribution in [-0.2, 0) is 4.79 Å². The number of aldehydes is 1. The fourth-order valence-electron chi connectivity index (χ4n) is 1.16. The van der Waals surface area contributed by atoms with E-state index in [4.69, 9.17) is 0 Å². The van der Waals surface area contributed by atoms with Crippen molar-refractivity contribution >= 4 is 29.3 Å². The van der Waals surface area contributed by atoms with E-state index in [1.54, 1.807) is 29.9 Å². The van der Waals surface area contributed by atoms with Crippen molar-refractivity contribution in [2.75, 3.05) is 6.26 Å². The van der Waals surface area contributed by atoms with E-state index in [0.717, 1.165) is 0 Å². The van der Waals surface area contributed by atoms with Crippen molar-refractivity contribution in [3.8, 4) is 0 Å². The number of benzene rings is 1. The van der Waals surface area contributed by atoms with Gasteiger partial charge in [0.15, 0.2) is 6.29 Å². The molecule has 1 aromatic rings. The molecule has 15 heavy (non-hydrogen) atoms. The second-order valence-corrected chi connectivity index (χ2v) is 3.41. The molecule has 5 heteroatoms. The van der Waals surface area contributed by atoms with Crippen molar-refractivity contribution in [1.29, 1.82) is 0 Å². The Morgan fingerprint density at radius 1 is 1.47 bits per heavy atom. The highest BCUT2D eigenvalue weighted by atomic mass is 32.2. The van der Waals surface area contributed by atoms with Gasteiger partial charge in [0.1, 0.15) is 0 Å². The summed E-state index contributed by atoms with van der Waals surface area (Å²) in [6, 6.07) is 6.19. The van der Waals surface area contributed by atoms with Crippen LogP contribution in [0.4, 0.5) is 5.69 Å². The predicted octanol–water partition coefficient (Wildman–Crippen LogP) is 2.50. The minimum absolute atomic E-state index is 0.0510. The zero-order valence-electron chi connectivity index (χ0n) is 8.04. The summed E-state index contributed by atoms with van der Waals surface area (Å²) < 4.78 is 0. The second kappa shape index (κ2) is 5.31. The Kier molecular flexibility index (Phi) is 4.05. The number of nitro groups is 1. The zero-order chi connectivity index (χ0) is 11.3. The van der Waals surface area contributed by atoms with Crippen LogP contribution in [0.5, 0.6) is 0 Å². The summed E-state index contributed by atoms with van der Waals surface area (Å²) in [6.45, 7) is 0. The smallest absolute Gasteiger partial charge is 0.277 e. The Labute approximate surface area is 91.1 Å². The van der Waals surface area contributed by atoms with E-state index >= 15 is 0 Å². The van der Waals surface area contributed by atoms with Gasteiger partial charge in [-0.15, -0.1) is 11.8 Å². The third-order valence-electron chi connectivity index (χ3n) is 1.78. The molecule has 0 N–H and O–H groups in total. The number of hydrogen-bond acceptors (Lipinski definition) is 4. The number of thioether (sulfide) groups is 1. The normalized spacial score (nSPS) is 11.1. The van der Waals surface area contributed by atoms with Gasteiger partial charge in [-0.2, -0.15) is 0 Å². The summed E-state index contributed by atoms with van der Waals surface area (Å²) in [5, 5.41) is 12.3. The minimum Gasteiger partial charge on any atom is -0.298 e. The molecule has 4 nitrogen and oxygen atoms in total. The summed E-state index contributed by atoms with van der Waals surface area (Å²) in [6.07, 6.45) is 2.41. The fraction of sp³-hybridized carbons (Fsp3) is 0.100. The van der Waals surface area contributed by atoms with Crippen LogP contribution in [0.1, 0.15) is 5.56 Å². The third-order valence-corrected chi connectivity index (χ3v) is 2.27. The highest BCUT2D eigenvalue weighted by Crippen LogP contribution is 2.25. The first-order chi connectivity index (χ1) is 7.20. The van der Waals surface area contributed by atoms with E-state index in [1.165, 1.54) is 17.8 Å². The molecule has 0 aromatic heterocycles. The van der Waals surface area contributed by atoms with Crippen molar-refractivity contribution in [2.24, 2.45) is 0 Å². The topological polar surface area (TPSA) is 60.2 Å². The maximum absolute atomic E-state index is 10.8. The Morgan fingerprint density at radius 2 is 2.13 bits per heavy atom. The molecule has 0 saturated heterocycles. The van der Waals surface area contributed by atoms with E-state index in [-0.39, 0.29) is 5.69 Å². The highest BCUT2D eigenvalue weighted by Gasteiger charge is 2.15. The molecule has 0 aliphatic rings. The summed E-state index contributed by atoms with van der Waals surface area (Å²) in [5.41, 5.74) is 0.631. The summed E-state index contributed by atoms with van der Waals surface area (Å²) in [5.74, 6) is 0. The Hall–Kier alpha value is -1.62. The molecule has 0 fully saturated rings. The van der Waals surface area contributed by atoms with Gasteiger partial charge in [-0.3, -0.25) is 14.9 Å². The largest absolute Gasteiger partial charge is 0.298 e. The number of nitro benzene ring substituents is 1. The van der Waals surface area contributed by atoms with Crippen molar-refractivity contribution in [3.63, 3.8) is 0 Å². The molecule has 0 bridgehead atoms. The van der Waals surface area contributed by atoms with Crippen molar-refractivity contribution in [1.82, 2.24) is 0 Å². The Balaban J connectivity index is 3.29. The van der Waals surface area contributed by atoms with Gasteiger partial charge in [0.05, 0.1) is 10.5 Å². The van der Waals surface area contributed by atoms with Crippen LogP contribution in [0.15, 0.2) is 29.7 Å². The van der Waals surface area contributed by atoms with Crippen LogP contribution in [0, 0.1) is 10.1 Å². The zero-order valence-corrected chi connectivity index (χ0v) is 8.86. The standard InChI is InChI=1S/C10H9NO3S/c1-15-7-8(6-12)9-4-2-3-5-10(9)11(13)14/h2-7H,1H3/b8-7+. The molecule has 0 heterocycles. The van der Waals surface area contributed by atoms with E-state index < -0.39 is 4.92 Å². The first-order valence-corrected chi connectivity index (χ1v) is 5.41. The molecular formula is C10H9NO3S. The van der Waals surface area contributed by atoms with Gasteiger partial charge >= 0.3 is 0 Å². The first kappa shape index (κ1) is 11.5. The molecule has 0 radical (unpaired) electrons. The van der Waals surface area contributed by atoms with Crippen LogP contribution < -0.4 is 0 Å². The number of rotatable bonds is 4. The van der Waals surface area contributed by atoms with Crippen LogP contribution in [0.2, 0.25) is 0 Å². The first-order valence-electron chi connectivity index (χ1n) is 4.12. The third kappa shape index (κ3) is 2.66. The van der Waals surface area contributed by atoms with Gasteiger partial charge in [-0.1, -0.05) is 12.1 Å². The molecule has 1 aromatic carbocycles. The molecule has 0 aliphatic carbocycles. The summed E-state index contributed by atoms with van der Waals surface area (Å²) in [4.78, 5) is 21.0. The van der Waals surface area contributed by atoms with Gasteiger partial charge in [-0.05, 0) is 17.7 Å². The molecule has 0 unspecified atom stereocenters. The average Bonchev–Trinajstić information content (AvgIpc) is 2.26. The molecule has 0 spiro atoms. The molecule has 0 saturated carbocycles. The number of allylic oxidation sites excluding steroid dienone is 1. The molecule has 0 amide bonds. The summed E-state index contributed by atoms with van der Waals surface area (Å²) in [7, 11) is 0. The quantitative estimate of drug-likeness (QED) is 0.340. The SMILES string of the molecule is CS/C=C(\C=O)c1ccccc1[N+](=O)[O-]. The maximum atomic E-state index is 10.8. The van der Waals surface area contributed by atoms with Gasteiger partial charge < -0.3 is 0 Å². The van der Waals surface area contributed by atoms with E-state index in [1.807, 2.05) is 0 Å². The van der Waals surface area contributed by atoms with Crippen molar-refractivity contribution in [3.05, 3.63) is 45.4 Å². The maximum Gasteiger partial charge on any atom is 0.277 e. The van der Waals surface area contributed by atoms with Crippen LogP contribution >= 0.6 is 11.8 Å². The molecular weight excluding hydrogens is 214 g/mol. The summed E-state index contributed by atoms with van der Waals surface area (Å²) >= 11 is 1.33. The number of carbonyl (C=O) groups excluding carboxylic acids is 1. The lowest BCUT2D eigenvalue weighted by molar-refractivity contribution is -0.385. The van der Waals surface area contributed by atoms with Gasteiger partial charge in [0, 0.05) is 11.6 Å². The Morgan fingerprint density at radius 3 is 2.67 bits per heavy atom. The average molecular weight is 223 g/mol. The number of para-hydroxylation sites is 1. The van der Waals surface area contributed by atoms with E-state index in [2.05, 4.69) is 0 Å². The van der Waals surface area contributed by atoms with Crippen molar-refractivity contribution in [2.45, 2.75) is 0 Å². The van der Waals surface area contributed by atoms with Crippen LogP contribution in [-0.4, -0.2) is 17.5 Å².